The van der Waals surface area contributed by atoms with Crippen molar-refractivity contribution in [2.75, 3.05) is 5.32 Å². The average molecular weight is 372 g/mol. The Morgan fingerprint density at radius 1 is 0.963 bits per heavy atom. The Labute approximate surface area is 158 Å². The highest BCUT2D eigenvalue weighted by Gasteiger charge is 2.26. The highest BCUT2D eigenvalue weighted by Crippen LogP contribution is 2.21. The smallest absolute Gasteiger partial charge is 0.355 e. The second-order valence-corrected chi connectivity index (χ2v) is 6.48. The van der Waals surface area contributed by atoms with Crippen LogP contribution in [0.5, 0.6) is 0 Å². The van der Waals surface area contributed by atoms with E-state index in [9.17, 15) is 14.4 Å². The summed E-state index contributed by atoms with van der Waals surface area (Å²) in [6, 6.07) is 8.87. The second kappa shape index (κ2) is 8.53. The number of benzene rings is 1. The second-order valence-electron chi connectivity index (χ2n) is 6.48. The molecule has 2 N–H and O–H groups in total. The third kappa shape index (κ3) is 4.97. The number of rotatable bonds is 6. The van der Waals surface area contributed by atoms with Crippen LogP contribution < -0.4 is 5.32 Å². The lowest BCUT2D eigenvalue weighted by Crippen LogP contribution is -2.30. The zero-order valence-corrected chi connectivity index (χ0v) is 16.1. The molecule has 0 saturated carbocycles. The number of aromatic amines is 1. The maximum atomic E-state index is 12.5. The number of hydrogen-bond acceptors (Lipinski definition) is 5. The largest absolute Gasteiger partial charge is 0.459 e. The summed E-state index contributed by atoms with van der Waals surface area (Å²) in [5.41, 5.74) is 1.97. The number of para-hydroxylation sites is 1. The minimum Gasteiger partial charge on any atom is -0.459 e. The number of hydrogen-bond donors (Lipinski definition) is 2. The SMILES string of the molecule is Cc1[nH]c(C(=O)O[C@@H](C)C(=O)Nc2ccccc2)c(C)c1C(=O)OC(C)C. The van der Waals surface area contributed by atoms with Gasteiger partial charge >= 0.3 is 11.9 Å². The minimum atomic E-state index is -1.01. The molecule has 0 radical (unpaired) electrons. The maximum Gasteiger partial charge on any atom is 0.355 e. The van der Waals surface area contributed by atoms with Crippen LogP contribution in [0.4, 0.5) is 5.69 Å². The highest BCUT2D eigenvalue weighted by molar-refractivity contribution is 6.00. The van der Waals surface area contributed by atoms with Crippen LogP contribution in [-0.4, -0.2) is 35.0 Å². The number of amides is 1. The first-order chi connectivity index (χ1) is 12.7. The Morgan fingerprint density at radius 2 is 1.59 bits per heavy atom. The predicted octanol–water partition coefficient (Wildman–Crippen LogP) is 3.38. The third-order valence-electron chi connectivity index (χ3n) is 3.88. The van der Waals surface area contributed by atoms with Crippen molar-refractivity contribution in [3.05, 3.63) is 52.8 Å². The Bertz CT molecular complexity index is 840. The highest BCUT2D eigenvalue weighted by atomic mass is 16.6. The lowest BCUT2D eigenvalue weighted by atomic mass is 10.1. The molecule has 7 heteroatoms. The third-order valence-corrected chi connectivity index (χ3v) is 3.88. The fourth-order valence-corrected chi connectivity index (χ4v) is 2.57. The molecular formula is C20H24N2O5. The van der Waals surface area contributed by atoms with Crippen LogP contribution in [0.25, 0.3) is 0 Å². The average Bonchev–Trinajstić information content (AvgIpc) is 2.89. The molecule has 2 rings (SSSR count). The molecule has 7 nitrogen and oxygen atoms in total. The number of aromatic nitrogens is 1. The number of carbonyl (C=O) groups excluding carboxylic acids is 3. The lowest BCUT2D eigenvalue weighted by Gasteiger charge is -2.13. The Hall–Kier alpha value is -3.09. The van der Waals surface area contributed by atoms with Crippen LogP contribution in [-0.2, 0) is 14.3 Å². The molecule has 0 bridgehead atoms. The maximum absolute atomic E-state index is 12.5. The number of carbonyl (C=O) groups is 3. The monoisotopic (exact) mass is 372 g/mol. The van der Waals surface area contributed by atoms with Gasteiger partial charge in [-0.05, 0) is 52.3 Å². The summed E-state index contributed by atoms with van der Waals surface area (Å²) in [5.74, 6) is -1.67. The van der Waals surface area contributed by atoms with Gasteiger partial charge in [0.15, 0.2) is 6.10 Å². The molecule has 1 aromatic heterocycles. The van der Waals surface area contributed by atoms with Crippen molar-refractivity contribution < 1.29 is 23.9 Å². The molecule has 144 valence electrons. The van der Waals surface area contributed by atoms with E-state index < -0.39 is 23.9 Å². The van der Waals surface area contributed by atoms with Crippen molar-refractivity contribution in [2.45, 2.75) is 46.8 Å². The van der Waals surface area contributed by atoms with Crippen molar-refractivity contribution >= 4 is 23.5 Å². The summed E-state index contributed by atoms with van der Waals surface area (Å²) in [6.07, 6.45) is -1.28. The number of ether oxygens (including phenoxy) is 2. The predicted molar refractivity (Wildman–Crippen MR) is 101 cm³/mol. The number of nitrogens with one attached hydrogen (secondary N) is 2. The van der Waals surface area contributed by atoms with Gasteiger partial charge in [-0.15, -0.1) is 0 Å². The molecule has 1 heterocycles. The minimum absolute atomic E-state index is 0.127. The van der Waals surface area contributed by atoms with Gasteiger partial charge in [0.25, 0.3) is 5.91 Å². The van der Waals surface area contributed by atoms with Crippen LogP contribution in [0.15, 0.2) is 30.3 Å². The van der Waals surface area contributed by atoms with Crippen molar-refractivity contribution in [2.24, 2.45) is 0 Å². The zero-order chi connectivity index (χ0) is 20.1. The van der Waals surface area contributed by atoms with Gasteiger partial charge in [-0.2, -0.15) is 0 Å². The van der Waals surface area contributed by atoms with Gasteiger partial charge in [0.05, 0.1) is 11.7 Å². The van der Waals surface area contributed by atoms with E-state index in [-0.39, 0.29) is 11.8 Å². The lowest BCUT2D eigenvalue weighted by molar-refractivity contribution is -0.123. The molecule has 0 aliphatic heterocycles. The fraction of sp³-hybridized carbons (Fsp3) is 0.350. The van der Waals surface area contributed by atoms with Gasteiger partial charge in [0.1, 0.15) is 5.69 Å². The van der Waals surface area contributed by atoms with Crippen molar-refractivity contribution in [1.82, 2.24) is 4.98 Å². The van der Waals surface area contributed by atoms with Crippen LogP contribution >= 0.6 is 0 Å². The van der Waals surface area contributed by atoms with Crippen LogP contribution in [0.1, 0.15) is 52.9 Å². The van der Waals surface area contributed by atoms with Crippen LogP contribution in [0.2, 0.25) is 0 Å². The van der Waals surface area contributed by atoms with Gasteiger partial charge in [0.2, 0.25) is 0 Å². The first kappa shape index (κ1) is 20.2. The van der Waals surface area contributed by atoms with Crippen LogP contribution in [0.3, 0.4) is 0 Å². The Kier molecular flexibility index (Phi) is 6.39. The molecule has 0 aliphatic carbocycles. The molecular weight excluding hydrogens is 348 g/mol. The molecule has 0 saturated heterocycles. The van der Waals surface area contributed by atoms with Crippen molar-refractivity contribution in [1.29, 1.82) is 0 Å². The molecule has 0 unspecified atom stereocenters. The van der Waals surface area contributed by atoms with E-state index in [0.717, 1.165) is 0 Å². The van der Waals surface area contributed by atoms with E-state index in [1.165, 1.54) is 6.92 Å². The first-order valence-corrected chi connectivity index (χ1v) is 8.67. The van der Waals surface area contributed by atoms with Crippen molar-refractivity contribution in [3.8, 4) is 0 Å². The van der Waals surface area contributed by atoms with E-state index in [2.05, 4.69) is 10.3 Å². The van der Waals surface area contributed by atoms with Crippen molar-refractivity contribution in [3.63, 3.8) is 0 Å². The molecule has 0 aliphatic rings. The van der Waals surface area contributed by atoms with Gasteiger partial charge in [0, 0.05) is 11.4 Å². The van der Waals surface area contributed by atoms with Crippen LogP contribution in [0, 0.1) is 13.8 Å². The number of esters is 2. The van der Waals surface area contributed by atoms with Gasteiger partial charge < -0.3 is 19.8 Å². The van der Waals surface area contributed by atoms with Gasteiger partial charge in [-0.25, -0.2) is 9.59 Å². The number of H-pyrrole nitrogens is 1. The Balaban J connectivity index is 2.09. The molecule has 27 heavy (non-hydrogen) atoms. The molecule has 1 amide bonds. The molecule has 1 atom stereocenters. The summed E-state index contributed by atoms with van der Waals surface area (Å²) >= 11 is 0. The van der Waals surface area contributed by atoms with E-state index in [1.54, 1.807) is 52.0 Å². The topological polar surface area (TPSA) is 97.5 Å². The zero-order valence-electron chi connectivity index (χ0n) is 16.1. The van der Waals surface area contributed by atoms with E-state index in [4.69, 9.17) is 9.47 Å². The summed E-state index contributed by atoms with van der Waals surface area (Å²) in [5, 5.41) is 2.67. The quantitative estimate of drug-likeness (QED) is 0.758. The van der Waals surface area contributed by atoms with Gasteiger partial charge in [-0.1, -0.05) is 18.2 Å². The fourth-order valence-electron chi connectivity index (χ4n) is 2.57. The normalized spacial score (nSPS) is 11.8. The first-order valence-electron chi connectivity index (χ1n) is 8.67. The molecule has 0 fully saturated rings. The number of aryl methyl sites for hydroxylation is 1. The molecule has 1 aromatic carbocycles. The van der Waals surface area contributed by atoms with E-state index in [1.807, 2.05) is 6.07 Å². The summed E-state index contributed by atoms with van der Waals surface area (Å²) in [4.78, 5) is 39.7. The summed E-state index contributed by atoms with van der Waals surface area (Å²) in [6.45, 7) is 8.28. The summed E-state index contributed by atoms with van der Waals surface area (Å²) < 4.78 is 10.4. The standard InChI is InChI=1S/C20H24N2O5/c1-11(2)26-19(24)16-12(3)17(21-13(16)4)20(25)27-14(5)18(23)22-15-9-7-6-8-10-15/h6-11,14,21H,1-5H3,(H,22,23)/t14-/m0/s1. The van der Waals surface area contributed by atoms with E-state index in [0.29, 0.717) is 22.5 Å². The molecule has 0 spiro atoms. The van der Waals surface area contributed by atoms with Gasteiger partial charge in [-0.3, -0.25) is 4.79 Å². The van der Waals surface area contributed by atoms with E-state index >= 15 is 0 Å². The summed E-state index contributed by atoms with van der Waals surface area (Å²) in [7, 11) is 0. The molecule has 2 aromatic rings. The number of anilines is 1. The Morgan fingerprint density at radius 3 is 2.19 bits per heavy atom.